The maximum Gasteiger partial charge on any atom is 0.261 e. The Balaban J connectivity index is 2.32. The molecule has 0 aromatic heterocycles. The van der Waals surface area contributed by atoms with Gasteiger partial charge in [-0.1, -0.05) is 13.8 Å². The first-order valence-electron chi connectivity index (χ1n) is 6.67. The van der Waals surface area contributed by atoms with Crippen LogP contribution in [0.4, 0.5) is 0 Å². The minimum Gasteiger partial charge on any atom is -0.493 e. The second kappa shape index (κ2) is 5.50. The Morgan fingerprint density at radius 1 is 1.48 bits per heavy atom. The van der Waals surface area contributed by atoms with Crippen LogP contribution in [-0.2, 0) is 9.05 Å². The van der Waals surface area contributed by atoms with E-state index >= 15 is 0 Å². The van der Waals surface area contributed by atoms with Crippen LogP contribution < -0.4 is 10.1 Å². The zero-order valence-electron chi connectivity index (χ0n) is 12.1. The lowest BCUT2D eigenvalue weighted by Crippen LogP contribution is -2.29. The monoisotopic (exact) mass is 331 g/mol. The SMILES string of the molecule is CCOc1ccc(S(=O)(=O)Cl)cc1C(=O)NC1CC1(C)C. The summed E-state index contributed by atoms with van der Waals surface area (Å²) in [4.78, 5) is 12.2. The van der Waals surface area contributed by atoms with E-state index in [0.717, 1.165) is 6.42 Å². The molecule has 1 aliphatic rings. The molecule has 1 aliphatic carbocycles. The van der Waals surface area contributed by atoms with E-state index in [1.54, 1.807) is 6.92 Å². The maximum atomic E-state index is 12.3. The zero-order chi connectivity index (χ0) is 15.8. The highest BCUT2D eigenvalue weighted by Crippen LogP contribution is 2.44. The summed E-state index contributed by atoms with van der Waals surface area (Å²) >= 11 is 0. The number of carbonyl (C=O) groups excluding carboxylic acids is 1. The van der Waals surface area contributed by atoms with E-state index in [0.29, 0.717) is 12.4 Å². The number of hydrogen-bond acceptors (Lipinski definition) is 4. The van der Waals surface area contributed by atoms with Crippen molar-refractivity contribution in [2.75, 3.05) is 6.61 Å². The van der Waals surface area contributed by atoms with E-state index in [4.69, 9.17) is 15.4 Å². The van der Waals surface area contributed by atoms with Gasteiger partial charge >= 0.3 is 0 Å². The van der Waals surface area contributed by atoms with Crippen LogP contribution in [0.15, 0.2) is 23.1 Å². The first kappa shape index (κ1) is 16.1. The van der Waals surface area contributed by atoms with Crippen molar-refractivity contribution in [3.8, 4) is 5.75 Å². The predicted molar refractivity (Wildman–Crippen MR) is 80.3 cm³/mol. The first-order valence-corrected chi connectivity index (χ1v) is 8.98. The third-order valence-electron chi connectivity index (χ3n) is 3.60. The van der Waals surface area contributed by atoms with Gasteiger partial charge in [0.05, 0.1) is 17.1 Å². The molecule has 0 aliphatic heterocycles. The van der Waals surface area contributed by atoms with Crippen LogP contribution in [0.2, 0.25) is 0 Å². The number of amides is 1. The zero-order valence-corrected chi connectivity index (χ0v) is 13.7. The third-order valence-corrected chi connectivity index (χ3v) is 4.95. The molecule has 2 rings (SSSR count). The summed E-state index contributed by atoms with van der Waals surface area (Å²) in [5.41, 5.74) is 0.263. The van der Waals surface area contributed by atoms with Gasteiger partial charge in [0, 0.05) is 16.7 Å². The van der Waals surface area contributed by atoms with Crippen molar-refractivity contribution in [1.82, 2.24) is 5.32 Å². The molecule has 0 spiro atoms. The van der Waals surface area contributed by atoms with Crippen LogP contribution in [0.1, 0.15) is 37.6 Å². The molecule has 1 aromatic carbocycles. The Morgan fingerprint density at radius 2 is 2.10 bits per heavy atom. The number of benzene rings is 1. The van der Waals surface area contributed by atoms with Crippen LogP contribution >= 0.6 is 10.7 Å². The Hall–Kier alpha value is -1.27. The summed E-state index contributed by atoms with van der Waals surface area (Å²) in [6, 6.07) is 4.12. The van der Waals surface area contributed by atoms with Crippen molar-refractivity contribution in [3.63, 3.8) is 0 Å². The molecule has 0 bridgehead atoms. The number of rotatable bonds is 5. The minimum absolute atomic E-state index is 0.0810. The predicted octanol–water partition coefficient (Wildman–Crippen LogP) is 2.54. The highest BCUT2D eigenvalue weighted by molar-refractivity contribution is 8.13. The number of carbonyl (C=O) groups is 1. The Labute approximate surface area is 129 Å². The molecule has 1 saturated carbocycles. The van der Waals surface area contributed by atoms with Gasteiger partial charge in [0.25, 0.3) is 15.0 Å². The fraction of sp³-hybridized carbons (Fsp3) is 0.500. The molecular weight excluding hydrogens is 314 g/mol. The van der Waals surface area contributed by atoms with Gasteiger partial charge < -0.3 is 10.1 Å². The highest BCUT2D eigenvalue weighted by atomic mass is 35.7. The number of nitrogens with one attached hydrogen (secondary N) is 1. The van der Waals surface area contributed by atoms with E-state index in [9.17, 15) is 13.2 Å². The molecule has 1 atom stereocenters. The van der Waals surface area contributed by atoms with Gasteiger partial charge in [0.2, 0.25) is 0 Å². The Morgan fingerprint density at radius 3 is 2.57 bits per heavy atom. The first-order chi connectivity index (χ1) is 9.65. The number of halogens is 1. The average Bonchev–Trinajstić information content (AvgIpc) is 2.95. The van der Waals surface area contributed by atoms with E-state index in [1.807, 2.05) is 0 Å². The lowest BCUT2D eigenvalue weighted by molar-refractivity contribution is 0.0942. The molecule has 1 unspecified atom stereocenters. The van der Waals surface area contributed by atoms with Crippen molar-refractivity contribution in [3.05, 3.63) is 23.8 Å². The largest absolute Gasteiger partial charge is 0.493 e. The van der Waals surface area contributed by atoms with Crippen LogP contribution in [0, 0.1) is 5.41 Å². The van der Waals surface area contributed by atoms with Gasteiger partial charge in [-0.25, -0.2) is 8.42 Å². The fourth-order valence-electron chi connectivity index (χ4n) is 2.07. The standard InChI is InChI=1S/C14H18ClNO4S/c1-4-20-11-6-5-9(21(15,18)19)7-10(11)13(17)16-12-8-14(12,2)3/h5-7,12H,4,8H2,1-3H3,(H,16,17). The molecule has 0 radical (unpaired) electrons. The van der Waals surface area contributed by atoms with E-state index in [2.05, 4.69) is 19.2 Å². The molecule has 7 heteroatoms. The molecule has 21 heavy (non-hydrogen) atoms. The second-order valence-electron chi connectivity index (χ2n) is 5.75. The van der Waals surface area contributed by atoms with Gasteiger partial charge in [0.15, 0.2) is 0 Å². The van der Waals surface area contributed by atoms with E-state index in [-0.39, 0.29) is 27.8 Å². The molecule has 5 nitrogen and oxygen atoms in total. The van der Waals surface area contributed by atoms with Gasteiger partial charge in [-0.05, 0) is 37.0 Å². The molecule has 1 fully saturated rings. The summed E-state index contributed by atoms with van der Waals surface area (Å²) in [7, 11) is 1.44. The molecule has 116 valence electrons. The molecular formula is C14H18ClNO4S. The Bertz CT molecular complexity index is 670. The fourth-order valence-corrected chi connectivity index (χ4v) is 2.85. The summed E-state index contributed by atoms with van der Waals surface area (Å²) < 4.78 is 28.2. The Kier molecular flexibility index (Phi) is 4.22. The quantitative estimate of drug-likeness (QED) is 0.841. The van der Waals surface area contributed by atoms with Crippen molar-refractivity contribution < 1.29 is 17.9 Å². The smallest absolute Gasteiger partial charge is 0.261 e. The third kappa shape index (κ3) is 3.68. The summed E-state index contributed by atoms with van der Waals surface area (Å²) in [6.07, 6.45) is 0.899. The normalized spacial score (nSPS) is 19.9. The van der Waals surface area contributed by atoms with Gasteiger partial charge in [-0.2, -0.15) is 0 Å². The van der Waals surface area contributed by atoms with Crippen LogP contribution in [-0.4, -0.2) is 27.0 Å². The summed E-state index contributed by atoms with van der Waals surface area (Å²) in [5, 5.41) is 2.88. The number of hydrogen-bond donors (Lipinski definition) is 1. The van der Waals surface area contributed by atoms with Crippen molar-refractivity contribution in [2.45, 2.75) is 38.1 Å². The molecule has 1 aromatic rings. The summed E-state index contributed by atoms with van der Waals surface area (Å²) in [6.45, 7) is 6.28. The van der Waals surface area contributed by atoms with Gasteiger partial charge in [0.1, 0.15) is 5.75 Å². The molecule has 0 saturated heterocycles. The molecule has 0 heterocycles. The topological polar surface area (TPSA) is 72.5 Å². The average molecular weight is 332 g/mol. The van der Waals surface area contributed by atoms with E-state index in [1.165, 1.54) is 18.2 Å². The van der Waals surface area contributed by atoms with E-state index < -0.39 is 9.05 Å². The lowest BCUT2D eigenvalue weighted by atomic mass is 10.1. The van der Waals surface area contributed by atoms with Crippen LogP contribution in [0.3, 0.4) is 0 Å². The van der Waals surface area contributed by atoms with Crippen molar-refractivity contribution >= 4 is 25.6 Å². The van der Waals surface area contributed by atoms with Crippen molar-refractivity contribution in [1.29, 1.82) is 0 Å². The lowest BCUT2D eigenvalue weighted by Gasteiger charge is -2.12. The van der Waals surface area contributed by atoms with Crippen molar-refractivity contribution in [2.24, 2.45) is 5.41 Å². The maximum absolute atomic E-state index is 12.3. The highest BCUT2D eigenvalue weighted by Gasteiger charge is 2.46. The number of ether oxygens (including phenoxy) is 1. The van der Waals surface area contributed by atoms with Gasteiger partial charge in [-0.3, -0.25) is 4.79 Å². The van der Waals surface area contributed by atoms with Crippen LogP contribution in [0.5, 0.6) is 5.75 Å². The van der Waals surface area contributed by atoms with Crippen LogP contribution in [0.25, 0.3) is 0 Å². The summed E-state index contributed by atoms with van der Waals surface area (Å²) in [5.74, 6) is -0.00582. The minimum atomic E-state index is -3.89. The van der Waals surface area contributed by atoms with Gasteiger partial charge in [-0.15, -0.1) is 0 Å². The molecule has 1 amide bonds. The second-order valence-corrected chi connectivity index (χ2v) is 8.31. The molecule has 1 N–H and O–H groups in total.